The molecule has 0 saturated heterocycles. The van der Waals surface area contributed by atoms with E-state index in [9.17, 15) is 4.79 Å². The van der Waals surface area contributed by atoms with E-state index in [-0.39, 0.29) is 5.78 Å². The number of aromatic nitrogens is 1. The van der Waals surface area contributed by atoms with E-state index in [1.54, 1.807) is 0 Å². The fourth-order valence-electron chi connectivity index (χ4n) is 3.87. The normalized spacial score (nSPS) is 17.0. The molecule has 1 aromatic heterocycles. The molecular formula is C21H28N2O. The number of carbonyl (C=O) groups excluding carboxylic acids is 1. The molecule has 0 bridgehead atoms. The van der Waals surface area contributed by atoms with E-state index in [2.05, 4.69) is 29.4 Å². The molecule has 0 N–H and O–H groups in total. The standard InChI is InChI=1S/C21H28N2O/c1-3-13-22(14-4-2)18-12-15-23-19(16-18)10-11-20(23)21(24)17-8-6-5-7-9-17/h5-11,18H,3-4,12-16H2,1-2H3/t18-/m1/s1. The zero-order valence-electron chi connectivity index (χ0n) is 14.9. The lowest BCUT2D eigenvalue weighted by molar-refractivity contribution is 0.102. The Hall–Kier alpha value is -1.87. The number of fused-ring (bicyclic) bond motifs is 1. The van der Waals surface area contributed by atoms with E-state index in [0.717, 1.165) is 30.6 Å². The van der Waals surface area contributed by atoms with Gasteiger partial charge in [0.05, 0.1) is 5.69 Å². The van der Waals surface area contributed by atoms with E-state index >= 15 is 0 Å². The van der Waals surface area contributed by atoms with Crippen molar-refractivity contribution >= 4 is 5.78 Å². The van der Waals surface area contributed by atoms with Crippen LogP contribution in [0.1, 0.15) is 54.9 Å². The van der Waals surface area contributed by atoms with Gasteiger partial charge in [-0.25, -0.2) is 0 Å². The van der Waals surface area contributed by atoms with Crippen molar-refractivity contribution in [1.29, 1.82) is 0 Å². The first kappa shape index (κ1) is 17.0. The molecule has 1 atom stereocenters. The van der Waals surface area contributed by atoms with Gasteiger partial charge in [0.25, 0.3) is 0 Å². The average Bonchev–Trinajstić information content (AvgIpc) is 3.05. The molecule has 1 aromatic carbocycles. The molecule has 3 heteroatoms. The van der Waals surface area contributed by atoms with E-state index < -0.39 is 0 Å². The lowest BCUT2D eigenvalue weighted by Crippen LogP contribution is -2.41. The molecule has 3 nitrogen and oxygen atoms in total. The maximum Gasteiger partial charge on any atom is 0.209 e. The Bertz CT molecular complexity index is 668. The Labute approximate surface area is 145 Å². The van der Waals surface area contributed by atoms with E-state index in [1.807, 2.05) is 36.4 Å². The highest BCUT2D eigenvalue weighted by Crippen LogP contribution is 2.24. The highest BCUT2D eigenvalue weighted by Gasteiger charge is 2.26. The van der Waals surface area contributed by atoms with Crippen molar-refractivity contribution < 1.29 is 4.79 Å². The zero-order valence-corrected chi connectivity index (χ0v) is 14.9. The monoisotopic (exact) mass is 324 g/mol. The van der Waals surface area contributed by atoms with Crippen LogP contribution in [0, 0.1) is 0 Å². The first-order chi connectivity index (χ1) is 11.7. The molecule has 2 aromatic rings. The number of hydrogen-bond acceptors (Lipinski definition) is 2. The lowest BCUT2D eigenvalue weighted by atomic mass is 10.0. The molecule has 1 aliphatic rings. The molecule has 128 valence electrons. The summed E-state index contributed by atoms with van der Waals surface area (Å²) in [5.74, 6) is 0.138. The first-order valence-electron chi connectivity index (χ1n) is 9.26. The third-order valence-electron chi connectivity index (χ3n) is 5.01. The van der Waals surface area contributed by atoms with Gasteiger partial charge < -0.3 is 4.57 Å². The SMILES string of the molecule is CCCN(CCC)[C@@H]1CCn2c(ccc2C(=O)c2ccccc2)C1. The Morgan fingerprint density at radius 3 is 2.46 bits per heavy atom. The van der Waals surface area contributed by atoms with Gasteiger partial charge in [0.2, 0.25) is 5.78 Å². The van der Waals surface area contributed by atoms with Crippen LogP contribution in [0.3, 0.4) is 0 Å². The minimum absolute atomic E-state index is 0.138. The molecule has 0 radical (unpaired) electrons. The van der Waals surface area contributed by atoms with Crippen LogP contribution in [0.5, 0.6) is 0 Å². The second-order valence-electron chi connectivity index (χ2n) is 6.74. The van der Waals surface area contributed by atoms with Gasteiger partial charge in [0, 0.05) is 30.3 Å². The number of rotatable bonds is 7. The van der Waals surface area contributed by atoms with Crippen LogP contribution in [0.15, 0.2) is 42.5 Å². The second-order valence-corrected chi connectivity index (χ2v) is 6.74. The van der Waals surface area contributed by atoms with E-state index in [0.29, 0.717) is 6.04 Å². The molecule has 0 spiro atoms. The van der Waals surface area contributed by atoms with Crippen LogP contribution < -0.4 is 0 Å². The third kappa shape index (κ3) is 3.46. The topological polar surface area (TPSA) is 25.2 Å². The highest BCUT2D eigenvalue weighted by molar-refractivity contribution is 6.08. The maximum atomic E-state index is 12.8. The lowest BCUT2D eigenvalue weighted by Gasteiger charge is -2.35. The minimum atomic E-state index is 0.138. The summed E-state index contributed by atoms with van der Waals surface area (Å²) < 4.78 is 2.24. The largest absolute Gasteiger partial charge is 0.342 e. The summed E-state index contributed by atoms with van der Waals surface area (Å²) >= 11 is 0. The Balaban J connectivity index is 1.78. The first-order valence-corrected chi connectivity index (χ1v) is 9.26. The third-order valence-corrected chi connectivity index (χ3v) is 5.01. The molecule has 2 heterocycles. The molecule has 3 rings (SSSR count). The molecule has 0 amide bonds. The maximum absolute atomic E-state index is 12.8. The highest BCUT2D eigenvalue weighted by atomic mass is 16.1. The molecule has 0 saturated carbocycles. The van der Waals surface area contributed by atoms with Crippen LogP contribution in [0.4, 0.5) is 0 Å². The van der Waals surface area contributed by atoms with Crippen molar-refractivity contribution in [3.63, 3.8) is 0 Å². The Morgan fingerprint density at radius 2 is 1.79 bits per heavy atom. The van der Waals surface area contributed by atoms with Crippen molar-refractivity contribution in [2.75, 3.05) is 13.1 Å². The van der Waals surface area contributed by atoms with E-state index in [1.165, 1.54) is 31.6 Å². The van der Waals surface area contributed by atoms with Gasteiger partial charge in [-0.05, 0) is 44.5 Å². The average molecular weight is 324 g/mol. The number of nitrogens with zero attached hydrogens (tertiary/aromatic N) is 2. The summed E-state index contributed by atoms with van der Waals surface area (Å²) in [6.45, 7) is 7.81. The van der Waals surface area contributed by atoms with Gasteiger partial charge >= 0.3 is 0 Å². The van der Waals surface area contributed by atoms with Gasteiger partial charge in [0.1, 0.15) is 0 Å². The van der Waals surface area contributed by atoms with E-state index in [4.69, 9.17) is 0 Å². The van der Waals surface area contributed by atoms with Crippen molar-refractivity contribution in [2.45, 2.75) is 52.1 Å². The molecule has 0 fully saturated rings. The molecule has 24 heavy (non-hydrogen) atoms. The summed E-state index contributed by atoms with van der Waals surface area (Å²) in [5.41, 5.74) is 2.93. The second kappa shape index (κ2) is 7.80. The quantitative estimate of drug-likeness (QED) is 0.715. The van der Waals surface area contributed by atoms with Crippen LogP contribution in [0.25, 0.3) is 0 Å². The van der Waals surface area contributed by atoms with Crippen LogP contribution in [-0.2, 0) is 13.0 Å². The van der Waals surface area contributed by atoms with Crippen molar-refractivity contribution in [2.24, 2.45) is 0 Å². The van der Waals surface area contributed by atoms with Gasteiger partial charge in [-0.3, -0.25) is 9.69 Å². The zero-order chi connectivity index (χ0) is 16.9. The van der Waals surface area contributed by atoms with Crippen LogP contribution in [-0.4, -0.2) is 34.4 Å². The minimum Gasteiger partial charge on any atom is -0.342 e. The van der Waals surface area contributed by atoms with Gasteiger partial charge in [0.15, 0.2) is 0 Å². The summed E-state index contributed by atoms with van der Waals surface area (Å²) in [5, 5.41) is 0. The Morgan fingerprint density at radius 1 is 1.08 bits per heavy atom. The number of carbonyl (C=O) groups is 1. The van der Waals surface area contributed by atoms with Crippen molar-refractivity contribution in [3.8, 4) is 0 Å². The van der Waals surface area contributed by atoms with Crippen LogP contribution in [0.2, 0.25) is 0 Å². The smallest absolute Gasteiger partial charge is 0.209 e. The number of benzene rings is 1. The summed E-state index contributed by atoms with van der Waals surface area (Å²) in [7, 11) is 0. The number of ketones is 1. The van der Waals surface area contributed by atoms with Gasteiger partial charge in [-0.2, -0.15) is 0 Å². The van der Waals surface area contributed by atoms with Crippen molar-refractivity contribution in [3.05, 3.63) is 59.4 Å². The molecule has 0 aliphatic carbocycles. The summed E-state index contributed by atoms with van der Waals surface area (Å²) in [4.78, 5) is 15.4. The molecule has 0 unspecified atom stereocenters. The number of hydrogen-bond donors (Lipinski definition) is 0. The molecule has 1 aliphatic heterocycles. The fraction of sp³-hybridized carbons (Fsp3) is 0.476. The predicted octanol–water partition coefficient (Wildman–Crippen LogP) is 4.16. The fourth-order valence-corrected chi connectivity index (χ4v) is 3.87. The van der Waals surface area contributed by atoms with Crippen LogP contribution >= 0.6 is 0 Å². The summed E-state index contributed by atoms with van der Waals surface area (Å²) in [6, 6.07) is 14.4. The Kier molecular flexibility index (Phi) is 5.52. The summed E-state index contributed by atoms with van der Waals surface area (Å²) in [6.07, 6.45) is 4.60. The van der Waals surface area contributed by atoms with Gasteiger partial charge in [-0.15, -0.1) is 0 Å². The predicted molar refractivity (Wildman–Crippen MR) is 98.6 cm³/mol. The van der Waals surface area contributed by atoms with Gasteiger partial charge in [-0.1, -0.05) is 44.2 Å². The van der Waals surface area contributed by atoms with Crippen molar-refractivity contribution in [1.82, 2.24) is 9.47 Å². The molecular weight excluding hydrogens is 296 g/mol.